The van der Waals surface area contributed by atoms with Crippen molar-refractivity contribution < 1.29 is 9.53 Å². The molecule has 1 aromatic rings. The normalized spacial score (nSPS) is 10.7. The Hall–Kier alpha value is -2.23. The van der Waals surface area contributed by atoms with Crippen molar-refractivity contribution in [2.45, 2.75) is 32.8 Å². The minimum absolute atomic E-state index is 0.376. The number of rotatable bonds is 7. The van der Waals surface area contributed by atoms with Gasteiger partial charge in [-0.2, -0.15) is 0 Å². The standard InChI is InChI=1S/C18H26N2O2/c1-6-8-15-19(16-12-10-9-11-13-16)20(14-7-2)17(21)22-18(3,4)5/h6-7,9-13H,1-2,8,14-15H2,3-5H3. The lowest BCUT2D eigenvalue weighted by Crippen LogP contribution is -2.49. The van der Waals surface area contributed by atoms with Crippen LogP contribution in [0.4, 0.5) is 10.5 Å². The summed E-state index contributed by atoms with van der Waals surface area (Å²) in [5, 5.41) is 3.47. The summed E-state index contributed by atoms with van der Waals surface area (Å²) < 4.78 is 5.51. The molecule has 0 unspecified atom stereocenters. The first-order chi connectivity index (χ1) is 10.4. The molecule has 1 rings (SSSR count). The summed E-state index contributed by atoms with van der Waals surface area (Å²) in [6.45, 7) is 14.1. The van der Waals surface area contributed by atoms with Crippen LogP contribution in [-0.4, -0.2) is 29.8 Å². The number of hydrogen-bond acceptors (Lipinski definition) is 3. The third kappa shape index (κ3) is 5.64. The van der Waals surface area contributed by atoms with Gasteiger partial charge in [0, 0.05) is 6.54 Å². The van der Waals surface area contributed by atoms with E-state index in [-0.39, 0.29) is 6.09 Å². The highest BCUT2D eigenvalue weighted by molar-refractivity contribution is 5.71. The minimum atomic E-state index is -0.544. The van der Waals surface area contributed by atoms with E-state index in [0.29, 0.717) is 13.1 Å². The fourth-order valence-corrected chi connectivity index (χ4v) is 1.91. The summed E-state index contributed by atoms with van der Waals surface area (Å²) in [7, 11) is 0. The SMILES string of the molecule is C=CCCN(c1ccccc1)N(CC=C)C(=O)OC(C)(C)C. The van der Waals surface area contributed by atoms with Crippen LogP contribution in [0.1, 0.15) is 27.2 Å². The van der Waals surface area contributed by atoms with Crippen molar-refractivity contribution in [2.75, 3.05) is 18.1 Å². The summed E-state index contributed by atoms with van der Waals surface area (Å²) >= 11 is 0. The van der Waals surface area contributed by atoms with Crippen LogP contribution >= 0.6 is 0 Å². The molecule has 22 heavy (non-hydrogen) atoms. The number of benzene rings is 1. The van der Waals surface area contributed by atoms with Crippen LogP contribution < -0.4 is 5.01 Å². The van der Waals surface area contributed by atoms with Crippen LogP contribution in [0.3, 0.4) is 0 Å². The molecular weight excluding hydrogens is 276 g/mol. The average Bonchev–Trinajstić information content (AvgIpc) is 2.45. The van der Waals surface area contributed by atoms with Crippen molar-refractivity contribution >= 4 is 11.8 Å². The Bertz CT molecular complexity index is 492. The maximum absolute atomic E-state index is 12.5. The monoisotopic (exact) mass is 302 g/mol. The number of hydrogen-bond donors (Lipinski definition) is 0. The number of carbonyl (C=O) groups excluding carboxylic acids is 1. The van der Waals surface area contributed by atoms with Gasteiger partial charge in [0.15, 0.2) is 0 Å². The topological polar surface area (TPSA) is 32.8 Å². The zero-order chi connectivity index (χ0) is 16.6. The first-order valence-electron chi connectivity index (χ1n) is 7.44. The molecular formula is C18H26N2O2. The number of hydrazine groups is 1. The molecule has 0 saturated carbocycles. The van der Waals surface area contributed by atoms with E-state index in [1.54, 1.807) is 11.1 Å². The van der Waals surface area contributed by atoms with Crippen molar-refractivity contribution in [2.24, 2.45) is 0 Å². The van der Waals surface area contributed by atoms with Gasteiger partial charge in [0.1, 0.15) is 5.60 Å². The molecule has 0 aromatic heterocycles. The molecule has 120 valence electrons. The lowest BCUT2D eigenvalue weighted by Gasteiger charge is -2.36. The van der Waals surface area contributed by atoms with Gasteiger partial charge < -0.3 is 4.74 Å². The number of anilines is 1. The van der Waals surface area contributed by atoms with Gasteiger partial charge in [-0.15, -0.1) is 13.2 Å². The molecule has 0 saturated heterocycles. The van der Waals surface area contributed by atoms with E-state index in [2.05, 4.69) is 13.2 Å². The Morgan fingerprint density at radius 3 is 2.32 bits per heavy atom. The van der Waals surface area contributed by atoms with Gasteiger partial charge in [0.2, 0.25) is 0 Å². The third-order valence-electron chi connectivity index (χ3n) is 2.80. The van der Waals surface area contributed by atoms with Gasteiger partial charge in [-0.3, -0.25) is 5.01 Å². The first kappa shape index (κ1) is 17.8. The molecule has 0 N–H and O–H groups in total. The van der Waals surface area contributed by atoms with Crippen molar-refractivity contribution in [1.82, 2.24) is 5.01 Å². The maximum atomic E-state index is 12.5. The molecule has 1 aromatic carbocycles. The van der Waals surface area contributed by atoms with E-state index in [1.807, 2.05) is 62.2 Å². The Kier molecular flexibility index (Phi) is 6.70. The van der Waals surface area contributed by atoms with Crippen LogP contribution in [0.25, 0.3) is 0 Å². The predicted molar refractivity (Wildman–Crippen MR) is 91.7 cm³/mol. The van der Waals surface area contributed by atoms with Gasteiger partial charge >= 0.3 is 6.09 Å². The molecule has 0 fully saturated rings. The fourth-order valence-electron chi connectivity index (χ4n) is 1.91. The number of carbonyl (C=O) groups is 1. The van der Waals surface area contributed by atoms with Crippen LogP contribution in [-0.2, 0) is 4.74 Å². The van der Waals surface area contributed by atoms with E-state index in [9.17, 15) is 4.79 Å². The quantitative estimate of drug-likeness (QED) is 0.552. The molecule has 0 aliphatic heterocycles. The van der Waals surface area contributed by atoms with Crippen LogP contribution in [0, 0.1) is 0 Å². The number of nitrogens with zero attached hydrogens (tertiary/aromatic N) is 2. The van der Waals surface area contributed by atoms with E-state index in [1.165, 1.54) is 0 Å². The predicted octanol–water partition coefficient (Wildman–Crippen LogP) is 4.41. The van der Waals surface area contributed by atoms with E-state index in [0.717, 1.165) is 12.1 Å². The highest BCUT2D eigenvalue weighted by Crippen LogP contribution is 2.19. The van der Waals surface area contributed by atoms with Crippen molar-refractivity contribution in [3.8, 4) is 0 Å². The molecule has 0 heterocycles. The van der Waals surface area contributed by atoms with Gasteiger partial charge in [0.05, 0.1) is 12.2 Å². The van der Waals surface area contributed by atoms with E-state index >= 15 is 0 Å². The molecule has 0 aliphatic rings. The smallest absolute Gasteiger partial charge is 0.429 e. The molecule has 0 radical (unpaired) electrons. The largest absolute Gasteiger partial charge is 0.442 e. The highest BCUT2D eigenvalue weighted by Gasteiger charge is 2.26. The number of ether oxygens (including phenoxy) is 1. The highest BCUT2D eigenvalue weighted by atomic mass is 16.6. The second-order valence-corrected chi connectivity index (χ2v) is 5.89. The minimum Gasteiger partial charge on any atom is -0.442 e. The Labute approximate surface area is 133 Å². The van der Waals surface area contributed by atoms with Crippen LogP contribution in [0.5, 0.6) is 0 Å². The molecule has 0 atom stereocenters. The molecule has 0 bridgehead atoms. The lowest BCUT2D eigenvalue weighted by molar-refractivity contribution is 0.0248. The van der Waals surface area contributed by atoms with Crippen molar-refractivity contribution in [1.29, 1.82) is 0 Å². The summed E-state index contributed by atoms with van der Waals surface area (Å²) in [6, 6.07) is 9.75. The van der Waals surface area contributed by atoms with Crippen LogP contribution in [0.15, 0.2) is 55.6 Å². The molecule has 4 heteroatoms. The number of para-hydroxylation sites is 1. The molecule has 0 spiro atoms. The average molecular weight is 302 g/mol. The maximum Gasteiger partial charge on any atom is 0.429 e. The summed E-state index contributed by atoms with van der Waals surface area (Å²) in [5.74, 6) is 0. The van der Waals surface area contributed by atoms with Gasteiger partial charge in [-0.05, 0) is 39.3 Å². The number of amides is 1. The zero-order valence-corrected chi connectivity index (χ0v) is 13.8. The second kappa shape index (κ2) is 8.27. The Morgan fingerprint density at radius 2 is 1.82 bits per heavy atom. The summed E-state index contributed by atoms with van der Waals surface area (Å²) in [6.07, 6.45) is 3.89. The lowest BCUT2D eigenvalue weighted by atomic mass is 10.2. The second-order valence-electron chi connectivity index (χ2n) is 5.89. The van der Waals surface area contributed by atoms with Gasteiger partial charge in [-0.25, -0.2) is 9.80 Å². The van der Waals surface area contributed by atoms with Crippen molar-refractivity contribution in [3.63, 3.8) is 0 Å². The zero-order valence-electron chi connectivity index (χ0n) is 13.8. The molecule has 1 amide bonds. The fraction of sp³-hybridized carbons (Fsp3) is 0.389. The summed E-state index contributed by atoms with van der Waals surface area (Å²) in [5.41, 5.74) is 0.383. The van der Waals surface area contributed by atoms with Gasteiger partial charge in [-0.1, -0.05) is 30.4 Å². The molecule has 0 aliphatic carbocycles. The third-order valence-corrected chi connectivity index (χ3v) is 2.80. The Morgan fingerprint density at radius 1 is 1.18 bits per heavy atom. The summed E-state index contributed by atoms with van der Waals surface area (Å²) in [4.78, 5) is 12.5. The van der Waals surface area contributed by atoms with Crippen LogP contribution in [0.2, 0.25) is 0 Å². The molecule has 4 nitrogen and oxygen atoms in total. The van der Waals surface area contributed by atoms with Gasteiger partial charge in [0.25, 0.3) is 0 Å². The Balaban J connectivity index is 3.06. The first-order valence-corrected chi connectivity index (χ1v) is 7.44. The van der Waals surface area contributed by atoms with E-state index < -0.39 is 5.60 Å². The van der Waals surface area contributed by atoms with E-state index in [4.69, 9.17) is 4.74 Å². The van der Waals surface area contributed by atoms with Crippen molar-refractivity contribution in [3.05, 3.63) is 55.6 Å².